The highest BCUT2D eigenvalue weighted by atomic mass is 19.4. The Hall–Kier alpha value is -3.51. The number of aliphatic hydroxyl groups is 1. The molecule has 0 aliphatic carbocycles. The van der Waals surface area contributed by atoms with Crippen LogP contribution in [0.25, 0.3) is 0 Å². The van der Waals surface area contributed by atoms with Crippen molar-refractivity contribution in [3.8, 4) is 23.0 Å². The number of phenols is 1. The molecule has 200 valence electrons. The molecule has 0 saturated carbocycles. The molecule has 0 spiro atoms. The zero-order valence-corrected chi connectivity index (χ0v) is 19.0. The maximum absolute atomic E-state index is 13.3. The number of nitrogens with zero attached hydrogens (tertiary/aromatic N) is 1. The highest BCUT2D eigenvalue weighted by molar-refractivity contribution is 5.36. The van der Waals surface area contributed by atoms with Crippen molar-refractivity contribution in [2.45, 2.75) is 37.9 Å². The summed E-state index contributed by atoms with van der Waals surface area (Å²) in [4.78, 5) is 1.21. The summed E-state index contributed by atoms with van der Waals surface area (Å²) in [6.07, 6.45) is -16.4. The standard InChI is InChI=1S/C25H22F7NO4/c26-23(27)25(31,32)37-21-6-2-4-17(12-21)14-33(15-22(35)24(28,29)30)13-16-3-1-5-20(11-16)36-19-9-7-18(34)8-10-19/h1-12,22-23,34-35H,13-15H2. The highest BCUT2D eigenvalue weighted by Crippen LogP contribution is 2.29. The number of rotatable bonds is 11. The number of halogens is 7. The first-order chi connectivity index (χ1) is 17.3. The molecule has 0 radical (unpaired) electrons. The summed E-state index contributed by atoms with van der Waals surface area (Å²) in [5.41, 5.74) is 0.690. The van der Waals surface area contributed by atoms with Crippen LogP contribution in [0, 0.1) is 0 Å². The van der Waals surface area contributed by atoms with Gasteiger partial charge in [-0.2, -0.15) is 30.7 Å². The van der Waals surface area contributed by atoms with Crippen LogP contribution in [0.1, 0.15) is 11.1 Å². The Morgan fingerprint density at radius 2 is 1.30 bits per heavy atom. The minimum atomic E-state index is -4.91. The van der Waals surface area contributed by atoms with Crippen molar-refractivity contribution in [2.24, 2.45) is 0 Å². The summed E-state index contributed by atoms with van der Waals surface area (Å²) in [6, 6.07) is 16.9. The topological polar surface area (TPSA) is 62.2 Å². The van der Waals surface area contributed by atoms with E-state index in [0.717, 1.165) is 12.1 Å². The summed E-state index contributed by atoms with van der Waals surface area (Å²) < 4.78 is 100. The molecule has 0 amide bonds. The summed E-state index contributed by atoms with van der Waals surface area (Å²) in [5.74, 6) is 0.191. The van der Waals surface area contributed by atoms with E-state index in [-0.39, 0.29) is 24.4 Å². The van der Waals surface area contributed by atoms with Crippen molar-refractivity contribution in [2.75, 3.05) is 6.54 Å². The number of phenolic OH excluding ortho intramolecular Hbond substituents is 1. The van der Waals surface area contributed by atoms with E-state index in [4.69, 9.17) is 4.74 Å². The molecule has 0 aliphatic heterocycles. The largest absolute Gasteiger partial charge is 0.508 e. The van der Waals surface area contributed by atoms with Gasteiger partial charge in [-0.15, -0.1) is 0 Å². The van der Waals surface area contributed by atoms with Crippen molar-refractivity contribution in [1.82, 2.24) is 4.90 Å². The van der Waals surface area contributed by atoms with Crippen LogP contribution in [0.5, 0.6) is 23.0 Å². The maximum Gasteiger partial charge on any atom is 0.461 e. The van der Waals surface area contributed by atoms with E-state index in [1.165, 1.54) is 41.3 Å². The lowest BCUT2D eigenvalue weighted by molar-refractivity contribution is -0.253. The predicted octanol–water partition coefficient (Wildman–Crippen LogP) is 6.35. The normalized spacial score (nSPS) is 13.1. The number of alkyl halides is 7. The zero-order chi connectivity index (χ0) is 27.2. The smallest absolute Gasteiger partial charge is 0.461 e. The molecule has 0 heterocycles. The molecule has 1 atom stereocenters. The molecule has 1 unspecified atom stereocenters. The summed E-state index contributed by atoms with van der Waals surface area (Å²) in [7, 11) is 0. The number of hydrogen-bond donors (Lipinski definition) is 2. The van der Waals surface area contributed by atoms with Crippen LogP contribution >= 0.6 is 0 Å². The van der Waals surface area contributed by atoms with Gasteiger partial charge in [-0.25, -0.2) is 0 Å². The fraction of sp³-hybridized carbons (Fsp3) is 0.280. The number of ether oxygens (including phenoxy) is 2. The number of aliphatic hydroxyl groups excluding tert-OH is 1. The minimum absolute atomic E-state index is 0.0346. The molecule has 3 aromatic carbocycles. The van der Waals surface area contributed by atoms with Gasteiger partial charge in [-0.3, -0.25) is 4.90 Å². The van der Waals surface area contributed by atoms with Crippen LogP contribution in [-0.2, 0) is 13.1 Å². The van der Waals surface area contributed by atoms with Crippen LogP contribution < -0.4 is 9.47 Å². The Bertz CT molecular complexity index is 1160. The van der Waals surface area contributed by atoms with Gasteiger partial charge in [0.15, 0.2) is 6.10 Å². The lowest BCUT2D eigenvalue weighted by atomic mass is 10.1. The van der Waals surface area contributed by atoms with E-state index in [2.05, 4.69) is 4.74 Å². The first-order valence-corrected chi connectivity index (χ1v) is 10.8. The summed E-state index contributed by atoms with van der Waals surface area (Å²) >= 11 is 0. The van der Waals surface area contributed by atoms with Crippen LogP contribution in [0.2, 0.25) is 0 Å². The summed E-state index contributed by atoms with van der Waals surface area (Å²) in [5, 5.41) is 19.0. The van der Waals surface area contributed by atoms with Crippen molar-refractivity contribution in [1.29, 1.82) is 0 Å². The second-order valence-electron chi connectivity index (χ2n) is 8.08. The molecule has 0 fully saturated rings. The Labute approximate surface area is 207 Å². The van der Waals surface area contributed by atoms with E-state index < -0.39 is 37.1 Å². The van der Waals surface area contributed by atoms with E-state index in [9.17, 15) is 40.9 Å². The monoisotopic (exact) mass is 533 g/mol. The van der Waals surface area contributed by atoms with Gasteiger partial charge >= 0.3 is 18.7 Å². The number of hydrogen-bond acceptors (Lipinski definition) is 5. The first kappa shape index (κ1) is 28.1. The molecule has 5 nitrogen and oxygen atoms in total. The van der Waals surface area contributed by atoms with E-state index in [1.54, 1.807) is 24.3 Å². The summed E-state index contributed by atoms with van der Waals surface area (Å²) in [6.45, 7) is -1.23. The average Bonchev–Trinajstić information content (AvgIpc) is 2.80. The third-order valence-corrected chi connectivity index (χ3v) is 5.00. The van der Waals surface area contributed by atoms with Crippen LogP contribution in [0.4, 0.5) is 30.7 Å². The van der Waals surface area contributed by atoms with Crippen molar-refractivity contribution in [3.63, 3.8) is 0 Å². The van der Waals surface area contributed by atoms with Gasteiger partial charge < -0.3 is 19.7 Å². The lowest BCUT2D eigenvalue weighted by Gasteiger charge is -2.27. The second kappa shape index (κ2) is 11.7. The molecule has 0 saturated heterocycles. The lowest BCUT2D eigenvalue weighted by Crippen LogP contribution is -2.40. The van der Waals surface area contributed by atoms with Gasteiger partial charge in [0.1, 0.15) is 23.0 Å². The molecular weight excluding hydrogens is 511 g/mol. The maximum atomic E-state index is 13.3. The molecule has 3 aromatic rings. The highest BCUT2D eigenvalue weighted by Gasteiger charge is 2.44. The Morgan fingerprint density at radius 3 is 1.84 bits per heavy atom. The van der Waals surface area contributed by atoms with Gasteiger partial charge in [0, 0.05) is 19.6 Å². The third kappa shape index (κ3) is 8.53. The van der Waals surface area contributed by atoms with Crippen LogP contribution in [0.15, 0.2) is 72.8 Å². The van der Waals surface area contributed by atoms with Gasteiger partial charge in [-0.05, 0) is 59.7 Å². The molecule has 3 rings (SSSR count). The molecule has 12 heteroatoms. The molecule has 0 bridgehead atoms. The second-order valence-corrected chi connectivity index (χ2v) is 8.08. The number of benzene rings is 3. The van der Waals surface area contributed by atoms with Crippen LogP contribution in [-0.4, -0.2) is 46.5 Å². The van der Waals surface area contributed by atoms with Crippen molar-refractivity contribution in [3.05, 3.63) is 83.9 Å². The fourth-order valence-corrected chi connectivity index (χ4v) is 3.32. The Kier molecular flexibility index (Phi) is 8.87. The van der Waals surface area contributed by atoms with Crippen molar-refractivity contribution >= 4 is 0 Å². The minimum Gasteiger partial charge on any atom is -0.508 e. The van der Waals surface area contributed by atoms with E-state index >= 15 is 0 Å². The molecular formula is C25H22F7NO4. The van der Waals surface area contributed by atoms with Gasteiger partial charge in [-0.1, -0.05) is 24.3 Å². The molecule has 37 heavy (non-hydrogen) atoms. The van der Waals surface area contributed by atoms with Gasteiger partial charge in [0.05, 0.1) is 0 Å². The predicted molar refractivity (Wildman–Crippen MR) is 119 cm³/mol. The molecule has 0 aliphatic rings. The molecule has 0 aromatic heterocycles. The van der Waals surface area contributed by atoms with Crippen molar-refractivity contribution < 1.29 is 50.4 Å². The van der Waals surface area contributed by atoms with Gasteiger partial charge in [0.2, 0.25) is 0 Å². The quantitative estimate of drug-likeness (QED) is 0.282. The Morgan fingerprint density at radius 1 is 0.757 bits per heavy atom. The molecule has 2 N–H and O–H groups in total. The van der Waals surface area contributed by atoms with E-state index in [0.29, 0.717) is 17.1 Å². The van der Waals surface area contributed by atoms with Gasteiger partial charge in [0.25, 0.3) is 0 Å². The third-order valence-electron chi connectivity index (χ3n) is 5.00. The van der Waals surface area contributed by atoms with Crippen LogP contribution in [0.3, 0.4) is 0 Å². The average molecular weight is 533 g/mol. The first-order valence-electron chi connectivity index (χ1n) is 10.8. The SMILES string of the molecule is Oc1ccc(Oc2cccc(CN(Cc3cccc(OC(F)(F)C(F)F)c3)CC(O)C(F)(F)F)c2)cc1. The number of aromatic hydroxyl groups is 1. The Balaban J connectivity index is 1.79. The van der Waals surface area contributed by atoms with E-state index in [1.807, 2.05) is 0 Å². The fourth-order valence-electron chi connectivity index (χ4n) is 3.32. The zero-order valence-electron chi connectivity index (χ0n) is 19.0.